The monoisotopic (exact) mass is 318 g/mol. The molecule has 3 heteroatoms. The number of hydrogen-bond donors (Lipinski definition) is 2. The molecule has 2 aromatic carbocycles. The van der Waals surface area contributed by atoms with Crippen LogP contribution in [-0.2, 0) is 0 Å². The molecule has 0 aliphatic heterocycles. The number of nitrogens with one attached hydrogen (secondary N) is 1. The Kier molecular flexibility index (Phi) is 4.61. The largest absolute Gasteiger partial charge is 0.377 e. The molecule has 0 amide bonds. The van der Waals surface area contributed by atoms with Crippen LogP contribution in [0.5, 0.6) is 0 Å². The molecule has 100 valence electrons. The van der Waals surface area contributed by atoms with Crippen molar-refractivity contribution in [3.63, 3.8) is 0 Å². The van der Waals surface area contributed by atoms with Gasteiger partial charge in [-0.1, -0.05) is 40.2 Å². The summed E-state index contributed by atoms with van der Waals surface area (Å²) in [6, 6.07) is 14.8. The molecule has 19 heavy (non-hydrogen) atoms. The fraction of sp³-hybridized carbons (Fsp3) is 0.250. The third kappa shape index (κ3) is 3.58. The van der Waals surface area contributed by atoms with Gasteiger partial charge in [-0.3, -0.25) is 0 Å². The highest BCUT2D eigenvalue weighted by Gasteiger charge is 2.10. The topological polar surface area (TPSA) is 38.0 Å². The number of anilines is 1. The summed E-state index contributed by atoms with van der Waals surface area (Å²) in [4.78, 5) is 0. The molecule has 2 rings (SSSR count). The maximum atomic E-state index is 5.90. The van der Waals surface area contributed by atoms with Gasteiger partial charge in [0, 0.05) is 16.7 Å². The average Bonchev–Trinajstić information content (AvgIpc) is 2.39. The zero-order chi connectivity index (χ0) is 13.8. The molecule has 3 N–H and O–H groups in total. The minimum atomic E-state index is 0.124. The Morgan fingerprint density at radius 2 is 1.95 bits per heavy atom. The first kappa shape index (κ1) is 14.1. The van der Waals surface area contributed by atoms with Crippen molar-refractivity contribution in [2.24, 2.45) is 5.73 Å². The van der Waals surface area contributed by atoms with Gasteiger partial charge < -0.3 is 11.1 Å². The molecule has 0 radical (unpaired) electrons. The molecule has 2 nitrogen and oxygen atoms in total. The van der Waals surface area contributed by atoms with Crippen molar-refractivity contribution in [3.8, 4) is 0 Å². The van der Waals surface area contributed by atoms with E-state index in [9.17, 15) is 0 Å². The predicted octanol–water partition coefficient (Wildman–Crippen LogP) is 4.18. The standard InChI is InChI=1S/C16H19BrN2/c1-11-4-3-5-14(8-11)19-16(10-18)13-7-6-12(2)15(17)9-13/h3-9,16,19H,10,18H2,1-2H3. The molecule has 0 fully saturated rings. The van der Waals surface area contributed by atoms with E-state index >= 15 is 0 Å². The molecular weight excluding hydrogens is 300 g/mol. The van der Waals surface area contributed by atoms with Crippen LogP contribution in [0, 0.1) is 13.8 Å². The Labute approximate surface area is 123 Å². The van der Waals surface area contributed by atoms with Gasteiger partial charge in [0.05, 0.1) is 6.04 Å². The van der Waals surface area contributed by atoms with E-state index in [1.807, 2.05) is 0 Å². The lowest BCUT2D eigenvalue weighted by atomic mass is 10.0. The molecule has 0 saturated carbocycles. The van der Waals surface area contributed by atoms with Crippen LogP contribution in [0.15, 0.2) is 46.9 Å². The molecular formula is C16H19BrN2. The van der Waals surface area contributed by atoms with Crippen LogP contribution in [0.1, 0.15) is 22.7 Å². The molecule has 0 spiro atoms. The normalized spacial score (nSPS) is 12.2. The zero-order valence-electron chi connectivity index (χ0n) is 11.3. The Balaban J connectivity index is 2.22. The second-order valence-corrected chi connectivity index (χ2v) is 5.67. The minimum Gasteiger partial charge on any atom is -0.377 e. The fourth-order valence-corrected chi connectivity index (χ4v) is 2.44. The lowest BCUT2D eigenvalue weighted by Crippen LogP contribution is -2.20. The lowest BCUT2D eigenvalue weighted by Gasteiger charge is -2.19. The van der Waals surface area contributed by atoms with Crippen molar-refractivity contribution in [2.45, 2.75) is 19.9 Å². The maximum absolute atomic E-state index is 5.90. The Morgan fingerprint density at radius 3 is 2.58 bits per heavy atom. The summed E-state index contributed by atoms with van der Waals surface area (Å²) in [5.74, 6) is 0. The number of benzene rings is 2. The molecule has 2 aromatic rings. The molecule has 0 aromatic heterocycles. The summed E-state index contributed by atoms with van der Waals surface area (Å²) in [5, 5.41) is 3.49. The third-order valence-electron chi connectivity index (χ3n) is 3.19. The summed E-state index contributed by atoms with van der Waals surface area (Å²) in [7, 11) is 0. The molecule has 0 heterocycles. The van der Waals surface area contributed by atoms with E-state index in [1.165, 1.54) is 16.7 Å². The van der Waals surface area contributed by atoms with Crippen LogP contribution in [0.2, 0.25) is 0 Å². The van der Waals surface area contributed by atoms with Gasteiger partial charge in [0.25, 0.3) is 0 Å². The number of aryl methyl sites for hydroxylation is 2. The third-order valence-corrected chi connectivity index (χ3v) is 4.05. The second kappa shape index (κ2) is 6.22. The highest BCUT2D eigenvalue weighted by Crippen LogP contribution is 2.24. The van der Waals surface area contributed by atoms with Crippen LogP contribution in [-0.4, -0.2) is 6.54 Å². The Hall–Kier alpha value is -1.32. The van der Waals surface area contributed by atoms with Crippen molar-refractivity contribution in [2.75, 3.05) is 11.9 Å². The SMILES string of the molecule is Cc1cccc(NC(CN)c2ccc(C)c(Br)c2)c1. The summed E-state index contributed by atoms with van der Waals surface area (Å²) in [6.45, 7) is 4.73. The minimum absolute atomic E-state index is 0.124. The Morgan fingerprint density at radius 1 is 1.16 bits per heavy atom. The molecule has 0 aliphatic carbocycles. The number of rotatable bonds is 4. The van der Waals surface area contributed by atoms with Gasteiger partial charge in [0.15, 0.2) is 0 Å². The van der Waals surface area contributed by atoms with E-state index in [0.29, 0.717) is 6.54 Å². The summed E-state index contributed by atoms with van der Waals surface area (Å²) in [6.07, 6.45) is 0. The lowest BCUT2D eigenvalue weighted by molar-refractivity contribution is 0.789. The molecule has 1 unspecified atom stereocenters. The van der Waals surface area contributed by atoms with Crippen molar-refractivity contribution in [1.29, 1.82) is 0 Å². The van der Waals surface area contributed by atoms with Crippen molar-refractivity contribution in [1.82, 2.24) is 0 Å². The van der Waals surface area contributed by atoms with E-state index < -0.39 is 0 Å². The fourth-order valence-electron chi connectivity index (χ4n) is 2.04. The van der Waals surface area contributed by atoms with Crippen LogP contribution >= 0.6 is 15.9 Å². The van der Waals surface area contributed by atoms with Crippen molar-refractivity contribution in [3.05, 3.63) is 63.6 Å². The van der Waals surface area contributed by atoms with Crippen molar-refractivity contribution >= 4 is 21.6 Å². The van der Waals surface area contributed by atoms with Gasteiger partial charge in [-0.2, -0.15) is 0 Å². The Bertz CT molecular complexity index is 566. The number of nitrogens with two attached hydrogens (primary N) is 1. The first-order valence-corrected chi connectivity index (χ1v) is 7.19. The van der Waals surface area contributed by atoms with Gasteiger partial charge in [-0.25, -0.2) is 0 Å². The zero-order valence-corrected chi connectivity index (χ0v) is 12.9. The van der Waals surface area contributed by atoms with Gasteiger partial charge in [0.2, 0.25) is 0 Å². The van der Waals surface area contributed by atoms with E-state index in [2.05, 4.69) is 77.6 Å². The maximum Gasteiger partial charge on any atom is 0.0636 e. The van der Waals surface area contributed by atoms with E-state index in [0.717, 1.165) is 10.2 Å². The first-order valence-electron chi connectivity index (χ1n) is 6.39. The highest BCUT2D eigenvalue weighted by molar-refractivity contribution is 9.10. The molecule has 0 bridgehead atoms. The van der Waals surface area contributed by atoms with Crippen LogP contribution < -0.4 is 11.1 Å². The average molecular weight is 319 g/mol. The van der Waals surface area contributed by atoms with Gasteiger partial charge in [-0.15, -0.1) is 0 Å². The van der Waals surface area contributed by atoms with Crippen LogP contribution in [0.3, 0.4) is 0 Å². The number of hydrogen-bond acceptors (Lipinski definition) is 2. The van der Waals surface area contributed by atoms with E-state index in [4.69, 9.17) is 5.73 Å². The molecule has 1 atom stereocenters. The summed E-state index contributed by atoms with van der Waals surface area (Å²) in [5.41, 5.74) is 10.7. The van der Waals surface area contributed by atoms with Gasteiger partial charge in [0.1, 0.15) is 0 Å². The predicted molar refractivity (Wildman–Crippen MR) is 85.5 cm³/mol. The van der Waals surface area contributed by atoms with Crippen LogP contribution in [0.4, 0.5) is 5.69 Å². The smallest absolute Gasteiger partial charge is 0.0636 e. The quantitative estimate of drug-likeness (QED) is 0.887. The van der Waals surface area contributed by atoms with Gasteiger partial charge in [-0.05, 0) is 48.7 Å². The summed E-state index contributed by atoms with van der Waals surface area (Å²) >= 11 is 3.57. The second-order valence-electron chi connectivity index (χ2n) is 4.81. The first-order chi connectivity index (χ1) is 9.10. The highest BCUT2D eigenvalue weighted by atomic mass is 79.9. The van der Waals surface area contributed by atoms with Crippen LogP contribution in [0.25, 0.3) is 0 Å². The van der Waals surface area contributed by atoms with Crippen molar-refractivity contribution < 1.29 is 0 Å². The van der Waals surface area contributed by atoms with E-state index in [1.54, 1.807) is 0 Å². The number of halogens is 1. The van der Waals surface area contributed by atoms with Gasteiger partial charge >= 0.3 is 0 Å². The molecule has 0 saturated heterocycles. The van der Waals surface area contributed by atoms with E-state index in [-0.39, 0.29) is 6.04 Å². The molecule has 0 aliphatic rings. The summed E-state index contributed by atoms with van der Waals surface area (Å²) < 4.78 is 1.12.